The molecule has 0 aliphatic heterocycles. The number of aromatic nitrogens is 2. The van der Waals surface area contributed by atoms with Crippen molar-refractivity contribution in [2.75, 3.05) is 7.11 Å². The molecule has 0 saturated heterocycles. The molecule has 2 fully saturated rings. The molecule has 3 unspecified atom stereocenters. The molecule has 0 spiro atoms. The Morgan fingerprint density at radius 1 is 1.40 bits per heavy atom. The summed E-state index contributed by atoms with van der Waals surface area (Å²) in [7, 11) is 1.65. The van der Waals surface area contributed by atoms with E-state index >= 15 is 0 Å². The Kier molecular flexibility index (Phi) is 2.24. The fraction of sp³-hybridized carbons (Fsp3) is 0.818. The van der Waals surface area contributed by atoms with Crippen LogP contribution in [0.3, 0.4) is 0 Å². The molecule has 0 radical (unpaired) electrons. The molecule has 0 N–H and O–H groups in total. The minimum atomic E-state index is 0.449. The van der Waals surface area contributed by atoms with Crippen LogP contribution in [-0.4, -0.2) is 17.3 Å². The normalized spacial score (nSPS) is 33.8. The fourth-order valence-electron chi connectivity index (χ4n) is 3.15. The molecule has 3 atom stereocenters. The predicted octanol–water partition coefficient (Wildman–Crippen LogP) is 2.12. The zero-order chi connectivity index (χ0) is 10.3. The van der Waals surface area contributed by atoms with Crippen LogP contribution in [0.1, 0.15) is 43.3 Å². The molecule has 82 valence electrons. The van der Waals surface area contributed by atoms with Crippen molar-refractivity contribution in [1.29, 1.82) is 0 Å². The van der Waals surface area contributed by atoms with Crippen LogP contribution in [0.15, 0.2) is 4.52 Å². The molecule has 0 amide bonds. The summed E-state index contributed by atoms with van der Waals surface area (Å²) in [5.74, 6) is 3.76. The Morgan fingerprint density at radius 3 is 3.00 bits per heavy atom. The average Bonchev–Trinajstić information content (AvgIpc) is 2.91. The number of methoxy groups -OCH3 is 1. The van der Waals surface area contributed by atoms with Gasteiger partial charge in [0, 0.05) is 13.0 Å². The van der Waals surface area contributed by atoms with Crippen LogP contribution in [0.25, 0.3) is 0 Å². The molecule has 2 aliphatic carbocycles. The maximum absolute atomic E-state index is 5.31. The predicted molar refractivity (Wildman–Crippen MR) is 53.2 cm³/mol. The molecule has 4 heteroatoms. The Bertz CT molecular complexity index is 350. The molecule has 0 aromatic carbocycles. The van der Waals surface area contributed by atoms with Crippen LogP contribution in [0.5, 0.6) is 0 Å². The highest BCUT2D eigenvalue weighted by Crippen LogP contribution is 2.52. The van der Waals surface area contributed by atoms with Gasteiger partial charge in [-0.25, -0.2) is 0 Å². The molecule has 2 aliphatic rings. The monoisotopic (exact) mass is 208 g/mol. The van der Waals surface area contributed by atoms with E-state index in [1.165, 1.54) is 25.7 Å². The summed E-state index contributed by atoms with van der Waals surface area (Å²) in [6, 6.07) is 0. The summed E-state index contributed by atoms with van der Waals surface area (Å²) in [4.78, 5) is 4.40. The first kappa shape index (κ1) is 9.33. The number of hydrogen-bond acceptors (Lipinski definition) is 4. The smallest absolute Gasteiger partial charge is 0.230 e. The Morgan fingerprint density at radius 2 is 2.33 bits per heavy atom. The number of hydrogen-bond donors (Lipinski definition) is 0. The molecule has 2 bridgehead atoms. The molecule has 4 nitrogen and oxygen atoms in total. The maximum atomic E-state index is 5.31. The molecular weight excluding hydrogens is 192 g/mol. The van der Waals surface area contributed by atoms with Gasteiger partial charge in [-0.05, 0) is 31.1 Å². The van der Waals surface area contributed by atoms with Gasteiger partial charge in [0.05, 0.1) is 0 Å². The van der Waals surface area contributed by atoms with E-state index < -0.39 is 0 Å². The molecule has 15 heavy (non-hydrogen) atoms. The van der Waals surface area contributed by atoms with Crippen LogP contribution in [0.4, 0.5) is 0 Å². The van der Waals surface area contributed by atoms with Gasteiger partial charge in [-0.3, -0.25) is 0 Å². The Labute approximate surface area is 89.0 Å². The van der Waals surface area contributed by atoms with Crippen LogP contribution in [0.2, 0.25) is 0 Å². The third-order valence-electron chi connectivity index (χ3n) is 3.81. The minimum Gasteiger partial charge on any atom is -0.377 e. The lowest BCUT2D eigenvalue weighted by Crippen LogP contribution is -2.08. The number of nitrogens with zero attached hydrogens (tertiary/aromatic N) is 2. The fourth-order valence-corrected chi connectivity index (χ4v) is 3.15. The largest absolute Gasteiger partial charge is 0.377 e. The molecule has 1 heterocycles. The van der Waals surface area contributed by atoms with Gasteiger partial charge in [0.25, 0.3) is 0 Å². The second-order valence-electron chi connectivity index (χ2n) is 4.76. The second-order valence-corrected chi connectivity index (χ2v) is 4.76. The molecule has 3 rings (SSSR count). The zero-order valence-corrected chi connectivity index (χ0v) is 8.98. The summed E-state index contributed by atoms with van der Waals surface area (Å²) in [6.45, 7) is 0.449. The standard InChI is InChI=1S/C11H16N2O2/c1-14-6-10-12-11(15-13-10)9-5-7-2-3-8(9)4-7/h7-9H,2-6H2,1H3. The van der Waals surface area contributed by atoms with Gasteiger partial charge in [-0.1, -0.05) is 11.6 Å². The quantitative estimate of drug-likeness (QED) is 0.763. The van der Waals surface area contributed by atoms with Crippen molar-refractivity contribution in [1.82, 2.24) is 10.1 Å². The maximum Gasteiger partial charge on any atom is 0.230 e. The van der Waals surface area contributed by atoms with Crippen molar-refractivity contribution in [3.63, 3.8) is 0 Å². The van der Waals surface area contributed by atoms with Gasteiger partial charge in [-0.15, -0.1) is 0 Å². The lowest BCUT2D eigenvalue weighted by molar-refractivity contribution is 0.174. The van der Waals surface area contributed by atoms with Gasteiger partial charge >= 0.3 is 0 Å². The van der Waals surface area contributed by atoms with Gasteiger partial charge in [0.15, 0.2) is 5.82 Å². The summed E-state index contributed by atoms with van der Waals surface area (Å²) in [5, 5.41) is 3.92. The number of fused-ring (bicyclic) bond motifs is 2. The van der Waals surface area contributed by atoms with Crippen molar-refractivity contribution in [3.05, 3.63) is 11.7 Å². The van der Waals surface area contributed by atoms with Crippen LogP contribution in [0, 0.1) is 11.8 Å². The highest BCUT2D eigenvalue weighted by molar-refractivity contribution is 5.04. The van der Waals surface area contributed by atoms with Crippen molar-refractivity contribution < 1.29 is 9.26 Å². The topological polar surface area (TPSA) is 48.2 Å². The van der Waals surface area contributed by atoms with E-state index in [0.717, 1.165) is 17.7 Å². The number of rotatable bonds is 3. The van der Waals surface area contributed by atoms with Gasteiger partial charge < -0.3 is 9.26 Å². The highest BCUT2D eigenvalue weighted by atomic mass is 16.5. The number of ether oxygens (including phenoxy) is 1. The third-order valence-corrected chi connectivity index (χ3v) is 3.81. The second kappa shape index (κ2) is 3.59. The van der Waals surface area contributed by atoms with E-state index in [1.54, 1.807) is 7.11 Å². The lowest BCUT2D eigenvalue weighted by Gasteiger charge is -2.16. The van der Waals surface area contributed by atoms with E-state index in [2.05, 4.69) is 10.1 Å². The highest BCUT2D eigenvalue weighted by Gasteiger charge is 2.42. The van der Waals surface area contributed by atoms with E-state index in [9.17, 15) is 0 Å². The van der Waals surface area contributed by atoms with Crippen LogP contribution < -0.4 is 0 Å². The van der Waals surface area contributed by atoms with E-state index in [4.69, 9.17) is 9.26 Å². The van der Waals surface area contributed by atoms with Crippen molar-refractivity contribution >= 4 is 0 Å². The molecular formula is C11H16N2O2. The molecule has 1 aromatic heterocycles. The lowest BCUT2D eigenvalue weighted by atomic mass is 9.89. The first-order chi connectivity index (χ1) is 7.36. The summed E-state index contributed by atoms with van der Waals surface area (Å²) in [6.07, 6.45) is 5.36. The zero-order valence-electron chi connectivity index (χ0n) is 8.98. The van der Waals surface area contributed by atoms with E-state index in [0.29, 0.717) is 18.3 Å². The summed E-state index contributed by atoms with van der Waals surface area (Å²) >= 11 is 0. The first-order valence-electron chi connectivity index (χ1n) is 5.68. The minimum absolute atomic E-state index is 0.449. The summed E-state index contributed by atoms with van der Waals surface area (Å²) < 4.78 is 10.3. The van der Waals surface area contributed by atoms with Crippen LogP contribution in [-0.2, 0) is 11.3 Å². The molecule has 1 aromatic rings. The van der Waals surface area contributed by atoms with E-state index in [1.807, 2.05) is 0 Å². The first-order valence-corrected chi connectivity index (χ1v) is 5.68. The average molecular weight is 208 g/mol. The van der Waals surface area contributed by atoms with Gasteiger partial charge in [0.2, 0.25) is 5.89 Å². The summed E-state index contributed by atoms with van der Waals surface area (Å²) in [5.41, 5.74) is 0. The molecule has 2 saturated carbocycles. The van der Waals surface area contributed by atoms with E-state index in [-0.39, 0.29) is 0 Å². The van der Waals surface area contributed by atoms with Gasteiger partial charge in [-0.2, -0.15) is 4.98 Å². The van der Waals surface area contributed by atoms with Crippen molar-refractivity contribution in [2.45, 2.75) is 38.2 Å². The van der Waals surface area contributed by atoms with Crippen molar-refractivity contribution in [3.8, 4) is 0 Å². The van der Waals surface area contributed by atoms with Gasteiger partial charge in [0.1, 0.15) is 6.61 Å². The third kappa shape index (κ3) is 1.57. The Hall–Kier alpha value is -0.900. The van der Waals surface area contributed by atoms with Crippen molar-refractivity contribution in [2.24, 2.45) is 11.8 Å². The Balaban J connectivity index is 1.75. The SMILES string of the molecule is COCc1noc(C2CC3CCC2C3)n1. The van der Waals surface area contributed by atoms with Crippen LogP contribution >= 0.6 is 0 Å².